The van der Waals surface area contributed by atoms with E-state index >= 15 is 0 Å². The lowest BCUT2D eigenvalue weighted by molar-refractivity contribution is 0.0241. The molecule has 5 nitrogen and oxygen atoms in total. The van der Waals surface area contributed by atoms with Gasteiger partial charge in [-0.1, -0.05) is 48.0 Å². The summed E-state index contributed by atoms with van der Waals surface area (Å²) in [6.07, 6.45) is 2.49. The topological polar surface area (TPSA) is 64.6 Å². The quantitative estimate of drug-likeness (QED) is 0.777. The van der Waals surface area contributed by atoms with Crippen molar-refractivity contribution < 1.29 is 19.1 Å². The predicted molar refractivity (Wildman–Crippen MR) is 108 cm³/mol. The Kier molecular flexibility index (Phi) is 5.54. The Morgan fingerprint density at radius 3 is 2.50 bits per heavy atom. The lowest BCUT2D eigenvalue weighted by Crippen LogP contribution is -2.41. The zero-order valence-electron chi connectivity index (χ0n) is 16.6. The van der Waals surface area contributed by atoms with Crippen molar-refractivity contribution in [1.82, 2.24) is 5.32 Å². The van der Waals surface area contributed by atoms with E-state index in [4.69, 9.17) is 9.47 Å². The summed E-state index contributed by atoms with van der Waals surface area (Å²) in [4.78, 5) is 25.0. The van der Waals surface area contributed by atoms with Gasteiger partial charge in [0.15, 0.2) is 0 Å². The molecule has 0 heterocycles. The van der Waals surface area contributed by atoms with Crippen molar-refractivity contribution in [1.29, 1.82) is 0 Å². The van der Waals surface area contributed by atoms with Crippen LogP contribution in [-0.2, 0) is 9.47 Å². The van der Waals surface area contributed by atoms with Gasteiger partial charge in [-0.05, 0) is 57.0 Å². The number of hydrogen-bond acceptors (Lipinski definition) is 4. The molecule has 1 amide bonds. The minimum Gasteiger partial charge on any atom is -0.452 e. The summed E-state index contributed by atoms with van der Waals surface area (Å²) in [5, 5.41) is 2.86. The molecule has 2 atom stereocenters. The van der Waals surface area contributed by atoms with Crippen molar-refractivity contribution in [2.75, 3.05) is 0 Å². The Hall–Kier alpha value is -3.08. The van der Waals surface area contributed by atoms with Gasteiger partial charge in [-0.3, -0.25) is 0 Å². The maximum absolute atomic E-state index is 12.6. The fraction of sp³-hybridized carbons (Fsp3) is 0.304. The fourth-order valence-electron chi connectivity index (χ4n) is 3.10. The second kappa shape index (κ2) is 7.89. The van der Waals surface area contributed by atoms with Gasteiger partial charge in [0.25, 0.3) is 0 Å². The maximum Gasteiger partial charge on any atom is 0.408 e. The first-order chi connectivity index (χ1) is 13.2. The minimum absolute atomic E-state index is 0.436. The molecule has 1 N–H and O–H groups in total. The number of benzene rings is 2. The molecular weight excluding hydrogens is 354 g/mol. The molecule has 0 bridgehead atoms. The molecule has 0 radical (unpaired) electrons. The summed E-state index contributed by atoms with van der Waals surface area (Å²) in [7, 11) is 0. The molecule has 146 valence electrons. The van der Waals surface area contributed by atoms with E-state index in [0.717, 1.165) is 16.7 Å². The van der Waals surface area contributed by atoms with E-state index in [-0.39, 0.29) is 0 Å². The lowest BCUT2D eigenvalue weighted by Gasteiger charge is -2.31. The van der Waals surface area contributed by atoms with E-state index in [0.29, 0.717) is 5.56 Å². The molecule has 2 aromatic rings. The van der Waals surface area contributed by atoms with Gasteiger partial charge in [-0.25, -0.2) is 9.59 Å². The van der Waals surface area contributed by atoms with Crippen LogP contribution in [0.15, 0.2) is 54.6 Å². The number of aryl methyl sites for hydroxylation is 1. The van der Waals surface area contributed by atoms with Crippen molar-refractivity contribution in [3.63, 3.8) is 0 Å². The third kappa shape index (κ3) is 4.80. The van der Waals surface area contributed by atoms with Crippen LogP contribution in [0.25, 0.3) is 6.08 Å². The standard InChI is InChI=1S/C23H25NO4/c1-15-8-7-10-17(14-15)21(25)27-19-13-12-16-9-5-6-11-18(16)20(19)24-22(26)28-23(2,3)4/h5-14,19-20H,1-4H3,(H,24,26)/t19-,20-/m0/s1. The van der Waals surface area contributed by atoms with Crippen LogP contribution in [0.4, 0.5) is 4.79 Å². The number of rotatable bonds is 3. The van der Waals surface area contributed by atoms with Crippen molar-refractivity contribution in [2.45, 2.75) is 45.4 Å². The first-order valence-electron chi connectivity index (χ1n) is 9.27. The summed E-state index contributed by atoms with van der Waals surface area (Å²) in [5.41, 5.74) is 2.66. The van der Waals surface area contributed by atoms with Gasteiger partial charge in [0.05, 0.1) is 11.6 Å². The zero-order valence-corrected chi connectivity index (χ0v) is 16.6. The Labute approximate surface area is 165 Å². The van der Waals surface area contributed by atoms with Gasteiger partial charge >= 0.3 is 12.1 Å². The first kappa shape index (κ1) is 19.7. The predicted octanol–water partition coefficient (Wildman–Crippen LogP) is 4.81. The van der Waals surface area contributed by atoms with Crippen LogP contribution in [0.5, 0.6) is 0 Å². The fourth-order valence-corrected chi connectivity index (χ4v) is 3.10. The number of amides is 1. The molecule has 0 fully saturated rings. The normalized spacial score (nSPS) is 18.1. The first-order valence-corrected chi connectivity index (χ1v) is 9.27. The molecular formula is C23H25NO4. The van der Waals surface area contributed by atoms with Crippen LogP contribution in [-0.4, -0.2) is 23.8 Å². The van der Waals surface area contributed by atoms with E-state index in [1.807, 2.05) is 49.4 Å². The van der Waals surface area contributed by atoms with Gasteiger partial charge in [-0.15, -0.1) is 0 Å². The molecule has 0 saturated carbocycles. The third-order valence-electron chi connectivity index (χ3n) is 4.29. The molecule has 0 spiro atoms. The van der Waals surface area contributed by atoms with Gasteiger partial charge in [0.2, 0.25) is 0 Å². The van der Waals surface area contributed by atoms with Crippen molar-refractivity contribution in [2.24, 2.45) is 0 Å². The highest BCUT2D eigenvalue weighted by atomic mass is 16.6. The summed E-state index contributed by atoms with van der Waals surface area (Å²) in [6.45, 7) is 7.32. The average Bonchev–Trinajstić information content (AvgIpc) is 2.62. The van der Waals surface area contributed by atoms with E-state index < -0.39 is 29.8 Å². The SMILES string of the molecule is Cc1cccc(C(=O)O[C@H]2C=Cc3ccccc3[C@@H]2NC(=O)OC(C)(C)C)c1. The number of ether oxygens (including phenoxy) is 2. The summed E-state index contributed by atoms with van der Waals surface area (Å²) >= 11 is 0. The third-order valence-corrected chi connectivity index (χ3v) is 4.29. The second-order valence-corrected chi connectivity index (χ2v) is 7.85. The molecule has 28 heavy (non-hydrogen) atoms. The Bertz CT molecular complexity index is 911. The number of esters is 1. The van der Waals surface area contributed by atoms with Crippen LogP contribution in [0.3, 0.4) is 0 Å². The van der Waals surface area contributed by atoms with Crippen LogP contribution in [0.2, 0.25) is 0 Å². The van der Waals surface area contributed by atoms with Crippen LogP contribution >= 0.6 is 0 Å². The number of fused-ring (bicyclic) bond motifs is 1. The smallest absolute Gasteiger partial charge is 0.408 e. The van der Waals surface area contributed by atoms with E-state index in [9.17, 15) is 9.59 Å². The van der Waals surface area contributed by atoms with Crippen molar-refractivity contribution >= 4 is 18.1 Å². The Morgan fingerprint density at radius 1 is 1.04 bits per heavy atom. The summed E-state index contributed by atoms with van der Waals surface area (Å²) < 4.78 is 11.1. The van der Waals surface area contributed by atoms with Gasteiger partial charge < -0.3 is 14.8 Å². The highest BCUT2D eigenvalue weighted by Crippen LogP contribution is 2.30. The molecule has 0 unspecified atom stereocenters. The average molecular weight is 379 g/mol. The summed E-state index contributed by atoms with van der Waals surface area (Å²) in [5.74, 6) is -0.436. The summed E-state index contributed by atoms with van der Waals surface area (Å²) in [6, 6.07) is 14.4. The lowest BCUT2D eigenvalue weighted by atomic mass is 9.90. The highest BCUT2D eigenvalue weighted by Gasteiger charge is 2.32. The molecule has 0 saturated heterocycles. The van der Waals surface area contributed by atoms with Gasteiger partial charge in [0, 0.05) is 0 Å². The molecule has 5 heteroatoms. The second-order valence-electron chi connectivity index (χ2n) is 7.85. The van der Waals surface area contributed by atoms with Crippen LogP contribution in [0, 0.1) is 6.92 Å². The highest BCUT2D eigenvalue weighted by molar-refractivity contribution is 5.90. The Balaban J connectivity index is 1.84. The molecule has 0 aromatic heterocycles. The van der Waals surface area contributed by atoms with Gasteiger partial charge in [0.1, 0.15) is 11.7 Å². The zero-order chi connectivity index (χ0) is 20.3. The molecule has 0 aliphatic heterocycles. The maximum atomic E-state index is 12.6. The number of nitrogens with one attached hydrogen (secondary N) is 1. The van der Waals surface area contributed by atoms with Gasteiger partial charge in [-0.2, -0.15) is 0 Å². The van der Waals surface area contributed by atoms with E-state index in [1.54, 1.807) is 39.0 Å². The van der Waals surface area contributed by atoms with Crippen molar-refractivity contribution in [3.8, 4) is 0 Å². The van der Waals surface area contributed by atoms with Crippen molar-refractivity contribution in [3.05, 3.63) is 76.9 Å². The van der Waals surface area contributed by atoms with Crippen LogP contribution in [0.1, 0.15) is 53.9 Å². The minimum atomic E-state index is -0.643. The number of carbonyl (C=O) groups excluding carboxylic acids is 2. The number of carbonyl (C=O) groups is 2. The molecule has 1 aliphatic carbocycles. The van der Waals surface area contributed by atoms with Crippen LogP contribution < -0.4 is 5.32 Å². The molecule has 2 aromatic carbocycles. The van der Waals surface area contributed by atoms with E-state index in [1.165, 1.54) is 0 Å². The number of hydrogen-bond donors (Lipinski definition) is 1. The largest absolute Gasteiger partial charge is 0.452 e. The number of alkyl carbamates (subject to hydrolysis) is 1. The monoisotopic (exact) mass is 379 g/mol. The molecule has 3 rings (SSSR count). The van der Waals surface area contributed by atoms with E-state index in [2.05, 4.69) is 5.32 Å². The Morgan fingerprint density at radius 2 is 1.79 bits per heavy atom. The molecule has 1 aliphatic rings.